The largest absolute Gasteiger partial charge is 0.212 e. The molecule has 0 radical (unpaired) electrons. The van der Waals surface area contributed by atoms with Gasteiger partial charge in [0.05, 0.1) is 5.69 Å². The van der Waals surface area contributed by atoms with Crippen LogP contribution in [-0.2, 0) is 5.75 Å². The average molecular weight is 422 g/mol. The highest BCUT2D eigenvalue weighted by atomic mass is 79.9. The summed E-state index contributed by atoms with van der Waals surface area (Å²) in [7, 11) is 0. The van der Waals surface area contributed by atoms with Crippen molar-refractivity contribution < 1.29 is 0 Å². The molecule has 3 nitrogen and oxygen atoms in total. The van der Waals surface area contributed by atoms with E-state index in [1.165, 1.54) is 5.56 Å². The van der Waals surface area contributed by atoms with Crippen LogP contribution >= 0.6 is 27.7 Å². The van der Waals surface area contributed by atoms with Gasteiger partial charge in [0, 0.05) is 15.8 Å². The van der Waals surface area contributed by atoms with Crippen LogP contribution < -0.4 is 0 Å². The average Bonchev–Trinajstić information content (AvgIpc) is 3.12. The number of thioether (sulfide) groups is 1. The molecule has 0 fully saturated rings. The Morgan fingerprint density at radius 3 is 2.31 bits per heavy atom. The molecule has 1 heterocycles. The number of para-hydroxylation sites is 1. The van der Waals surface area contributed by atoms with Crippen molar-refractivity contribution >= 4 is 27.7 Å². The number of aromatic nitrogens is 3. The van der Waals surface area contributed by atoms with Crippen molar-refractivity contribution in [3.8, 4) is 17.1 Å². The number of hydrogen-bond acceptors (Lipinski definition) is 3. The predicted octanol–water partition coefficient (Wildman–Crippen LogP) is 5.99. The first-order valence-electron chi connectivity index (χ1n) is 8.25. The Hall–Kier alpha value is -2.37. The van der Waals surface area contributed by atoms with Gasteiger partial charge in [-0.25, -0.2) is 9.67 Å². The molecule has 0 atom stereocenters. The van der Waals surface area contributed by atoms with Crippen molar-refractivity contribution in [2.75, 3.05) is 0 Å². The third-order valence-electron chi connectivity index (χ3n) is 3.88. The molecule has 0 saturated heterocycles. The van der Waals surface area contributed by atoms with E-state index in [9.17, 15) is 0 Å². The number of hydrogen-bond donors (Lipinski definition) is 0. The fraction of sp³-hybridized carbons (Fsp3) is 0.0476. The molecule has 0 N–H and O–H groups in total. The van der Waals surface area contributed by atoms with Crippen LogP contribution in [0.3, 0.4) is 0 Å². The summed E-state index contributed by atoms with van der Waals surface area (Å²) >= 11 is 5.16. The second-order valence-corrected chi connectivity index (χ2v) is 7.61. The molecule has 0 spiro atoms. The van der Waals surface area contributed by atoms with Crippen LogP contribution in [0.15, 0.2) is 94.6 Å². The van der Waals surface area contributed by atoms with E-state index in [0.29, 0.717) is 0 Å². The fourth-order valence-electron chi connectivity index (χ4n) is 2.65. The SMILES string of the molecule is Brc1cccc(CSc2nc(-c3ccccc3)n(-c3ccccc3)n2)c1. The maximum absolute atomic E-state index is 4.80. The lowest BCUT2D eigenvalue weighted by Crippen LogP contribution is -1.99. The van der Waals surface area contributed by atoms with Crippen LogP contribution in [0, 0.1) is 0 Å². The van der Waals surface area contributed by atoms with Gasteiger partial charge in [-0.15, -0.1) is 5.10 Å². The van der Waals surface area contributed by atoms with Crippen LogP contribution in [0.2, 0.25) is 0 Å². The van der Waals surface area contributed by atoms with Crippen LogP contribution in [-0.4, -0.2) is 14.8 Å². The summed E-state index contributed by atoms with van der Waals surface area (Å²) in [5, 5.41) is 5.52. The van der Waals surface area contributed by atoms with E-state index in [2.05, 4.69) is 40.2 Å². The first-order valence-corrected chi connectivity index (χ1v) is 10.0. The van der Waals surface area contributed by atoms with E-state index in [1.54, 1.807) is 11.8 Å². The molecule has 1 aromatic heterocycles. The summed E-state index contributed by atoms with van der Waals surface area (Å²) in [6.45, 7) is 0. The zero-order valence-corrected chi connectivity index (χ0v) is 16.3. The maximum Gasteiger partial charge on any atom is 0.209 e. The lowest BCUT2D eigenvalue weighted by molar-refractivity contribution is 0.839. The monoisotopic (exact) mass is 421 g/mol. The van der Waals surface area contributed by atoms with Crippen molar-refractivity contribution in [3.05, 3.63) is 95.0 Å². The Labute approximate surface area is 165 Å². The van der Waals surface area contributed by atoms with Crippen molar-refractivity contribution in [3.63, 3.8) is 0 Å². The van der Waals surface area contributed by atoms with Crippen molar-refractivity contribution in [2.45, 2.75) is 10.9 Å². The van der Waals surface area contributed by atoms with E-state index in [4.69, 9.17) is 10.1 Å². The quantitative estimate of drug-likeness (QED) is 0.370. The zero-order valence-electron chi connectivity index (χ0n) is 13.9. The normalized spacial score (nSPS) is 10.8. The summed E-state index contributed by atoms with van der Waals surface area (Å²) < 4.78 is 3.00. The summed E-state index contributed by atoms with van der Waals surface area (Å²) in [5.74, 6) is 1.68. The molecule has 0 aliphatic rings. The highest BCUT2D eigenvalue weighted by molar-refractivity contribution is 9.10. The van der Waals surface area contributed by atoms with Crippen LogP contribution in [0.5, 0.6) is 0 Å². The first-order chi connectivity index (χ1) is 12.8. The first kappa shape index (κ1) is 17.1. The van der Waals surface area contributed by atoms with Gasteiger partial charge >= 0.3 is 0 Å². The molecule has 128 valence electrons. The van der Waals surface area contributed by atoms with Crippen molar-refractivity contribution in [1.29, 1.82) is 0 Å². The summed E-state index contributed by atoms with van der Waals surface area (Å²) in [6.07, 6.45) is 0. The van der Waals surface area contributed by atoms with Crippen LogP contribution in [0.4, 0.5) is 0 Å². The van der Waals surface area contributed by atoms with Gasteiger partial charge in [0.25, 0.3) is 0 Å². The number of nitrogens with zero attached hydrogens (tertiary/aromatic N) is 3. The van der Waals surface area contributed by atoms with Crippen LogP contribution in [0.1, 0.15) is 5.56 Å². The highest BCUT2D eigenvalue weighted by Gasteiger charge is 2.14. The number of rotatable bonds is 5. The molecule has 4 aromatic rings. The van der Waals surface area contributed by atoms with E-state index in [0.717, 1.165) is 32.5 Å². The Bertz CT molecular complexity index is 943. The molecule has 4 rings (SSSR count). The number of benzene rings is 3. The second-order valence-electron chi connectivity index (χ2n) is 5.75. The lowest BCUT2D eigenvalue weighted by Gasteiger charge is -2.05. The molecule has 0 saturated carbocycles. The second kappa shape index (κ2) is 7.89. The number of halogens is 1. The zero-order chi connectivity index (χ0) is 17.8. The molecule has 0 aliphatic carbocycles. The third kappa shape index (κ3) is 3.89. The van der Waals surface area contributed by atoms with Gasteiger partial charge in [0.2, 0.25) is 5.16 Å². The third-order valence-corrected chi connectivity index (χ3v) is 5.28. The van der Waals surface area contributed by atoms with E-state index in [1.807, 2.05) is 65.3 Å². The summed E-state index contributed by atoms with van der Waals surface area (Å²) in [6, 6.07) is 28.6. The van der Waals surface area contributed by atoms with E-state index in [-0.39, 0.29) is 0 Å². The van der Waals surface area contributed by atoms with Crippen molar-refractivity contribution in [1.82, 2.24) is 14.8 Å². The van der Waals surface area contributed by atoms with Gasteiger partial charge in [-0.05, 0) is 29.8 Å². The van der Waals surface area contributed by atoms with Gasteiger partial charge in [-0.3, -0.25) is 0 Å². The van der Waals surface area contributed by atoms with E-state index >= 15 is 0 Å². The molecule has 0 aliphatic heterocycles. The standard InChI is InChI=1S/C21H16BrN3S/c22-18-11-7-8-16(14-18)15-26-21-23-20(17-9-3-1-4-10-17)25(24-21)19-12-5-2-6-13-19/h1-14H,15H2. The Kier molecular flexibility index (Phi) is 5.18. The highest BCUT2D eigenvalue weighted by Crippen LogP contribution is 2.27. The molecule has 0 amide bonds. The molecular weight excluding hydrogens is 406 g/mol. The predicted molar refractivity (Wildman–Crippen MR) is 110 cm³/mol. The molecule has 3 aromatic carbocycles. The summed E-state index contributed by atoms with van der Waals surface area (Å²) in [5.41, 5.74) is 3.30. The smallest absolute Gasteiger partial charge is 0.209 e. The van der Waals surface area contributed by atoms with E-state index < -0.39 is 0 Å². The Balaban J connectivity index is 1.67. The van der Waals surface area contributed by atoms with Gasteiger partial charge in [-0.1, -0.05) is 88.4 Å². The van der Waals surface area contributed by atoms with Gasteiger partial charge in [0.15, 0.2) is 5.82 Å². The van der Waals surface area contributed by atoms with Gasteiger partial charge in [-0.2, -0.15) is 0 Å². The molecule has 5 heteroatoms. The minimum absolute atomic E-state index is 0.771. The Morgan fingerprint density at radius 2 is 1.58 bits per heavy atom. The molecular formula is C21H16BrN3S. The molecule has 0 bridgehead atoms. The Morgan fingerprint density at radius 1 is 0.846 bits per heavy atom. The topological polar surface area (TPSA) is 30.7 Å². The minimum Gasteiger partial charge on any atom is -0.212 e. The molecule has 0 unspecified atom stereocenters. The summed E-state index contributed by atoms with van der Waals surface area (Å²) in [4.78, 5) is 4.80. The lowest BCUT2D eigenvalue weighted by atomic mass is 10.2. The van der Waals surface area contributed by atoms with Gasteiger partial charge < -0.3 is 0 Å². The van der Waals surface area contributed by atoms with Crippen LogP contribution in [0.25, 0.3) is 17.1 Å². The maximum atomic E-state index is 4.80. The molecule has 26 heavy (non-hydrogen) atoms. The van der Waals surface area contributed by atoms with Crippen molar-refractivity contribution in [2.24, 2.45) is 0 Å². The van der Waals surface area contributed by atoms with Gasteiger partial charge in [0.1, 0.15) is 0 Å². The fourth-order valence-corrected chi connectivity index (χ4v) is 3.86. The minimum atomic E-state index is 0.771.